The molecule has 3 unspecified atom stereocenters. The lowest BCUT2D eigenvalue weighted by atomic mass is 9.95. The van der Waals surface area contributed by atoms with Gasteiger partial charge in [-0.3, -0.25) is 19.2 Å². The van der Waals surface area contributed by atoms with Crippen molar-refractivity contribution in [2.45, 2.75) is 97.9 Å². The number of hydrogen-bond acceptors (Lipinski definition) is 7. The third-order valence-corrected chi connectivity index (χ3v) is 6.21. The summed E-state index contributed by atoms with van der Waals surface area (Å²) < 4.78 is 10.3. The highest BCUT2D eigenvalue weighted by atomic mass is 16.6. The minimum atomic E-state index is -1.39. The van der Waals surface area contributed by atoms with Crippen LogP contribution in [0.15, 0.2) is 30.8 Å². The van der Waals surface area contributed by atoms with Gasteiger partial charge in [0, 0.05) is 12.6 Å². The normalized spacial score (nSPS) is 13.3. The summed E-state index contributed by atoms with van der Waals surface area (Å²) in [5.41, 5.74) is 5.83. The van der Waals surface area contributed by atoms with Crippen molar-refractivity contribution in [3.05, 3.63) is 42.0 Å². The molecule has 0 aliphatic heterocycles. The quantitative estimate of drug-likeness (QED) is 0.248. The van der Waals surface area contributed by atoms with Gasteiger partial charge in [-0.25, -0.2) is 4.79 Å². The number of primary amides is 1. The maximum absolute atomic E-state index is 14.3. The molecule has 234 valence electrons. The van der Waals surface area contributed by atoms with E-state index < -0.39 is 59.9 Å². The maximum Gasteiger partial charge on any atom is 0.408 e. The highest BCUT2D eigenvalue weighted by Crippen LogP contribution is 2.29. The van der Waals surface area contributed by atoms with Crippen molar-refractivity contribution in [3.8, 4) is 0 Å². The molecular weight excluding hydrogens is 540 g/mol. The fraction of sp³-hybridized carbons (Fsp3) is 0.581. The van der Waals surface area contributed by atoms with Crippen LogP contribution >= 0.6 is 0 Å². The molecule has 1 aromatic carbocycles. The van der Waals surface area contributed by atoms with Crippen LogP contribution in [0.2, 0.25) is 0 Å². The number of hydrogen-bond donors (Lipinski definition) is 3. The summed E-state index contributed by atoms with van der Waals surface area (Å²) in [5.74, 6) is -2.19. The summed E-state index contributed by atoms with van der Waals surface area (Å²) >= 11 is 0. The Kier molecular flexibility index (Phi) is 14.8. The number of nitrogens with one attached hydrogen (secondary N) is 2. The zero-order chi connectivity index (χ0) is 32.0. The average Bonchev–Trinajstić information content (AvgIpc) is 2.88. The first kappa shape index (κ1) is 36.1. The third-order valence-electron chi connectivity index (χ3n) is 6.21. The SMILES string of the molecule is C=Cc1cccc(C(C(=O)NCCC(=O)OCC)N(C(=O)C(CC(N)=O)NC(=O)OC(C)(C)C)C(C)CCC(C)C)c1. The maximum atomic E-state index is 14.3. The zero-order valence-electron chi connectivity index (χ0n) is 26.0. The van der Waals surface area contributed by atoms with E-state index in [0.29, 0.717) is 17.9 Å². The van der Waals surface area contributed by atoms with Gasteiger partial charge in [-0.1, -0.05) is 44.7 Å². The number of carbonyl (C=O) groups excluding carboxylic acids is 5. The number of amides is 4. The summed E-state index contributed by atoms with van der Waals surface area (Å²) in [6, 6.07) is 3.94. The zero-order valence-corrected chi connectivity index (χ0v) is 26.0. The third kappa shape index (κ3) is 12.7. The molecule has 0 saturated carbocycles. The first-order chi connectivity index (χ1) is 19.6. The molecule has 3 atom stereocenters. The number of rotatable bonds is 16. The molecule has 0 bridgehead atoms. The van der Waals surface area contributed by atoms with Crippen LogP contribution in [0.4, 0.5) is 4.79 Å². The monoisotopic (exact) mass is 588 g/mol. The molecule has 42 heavy (non-hydrogen) atoms. The Labute approximate surface area is 249 Å². The van der Waals surface area contributed by atoms with Crippen LogP contribution in [0.25, 0.3) is 6.08 Å². The van der Waals surface area contributed by atoms with Gasteiger partial charge in [0.15, 0.2) is 0 Å². The standard InChI is InChI=1S/C31H48N4O7/c1-9-22-12-11-13-23(18-22)27(28(38)33-17-16-26(37)41-10-2)35(21(5)15-14-20(3)4)29(39)24(19-25(32)36)34-30(40)42-31(6,7)8/h9,11-13,18,20-21,24,27H,1,10,14-17,19H2,2-8H3,(H2,32,36)(H,33,38)(H,34,40). The highest BCUT2D eigenvalue weighted by molar-refractivity contribution is 5.95. The molecular formula is C31H48N4O7. The number of carbonyl (C=O) groups is 5. The Balaban J connectivity index is 3.64. The molecule has 1 aromatic rings. The second-order valence-electron chi connectivity index (χ2n) is 11.6. The van der Waals surface area contributed by atoms with Crippen LogP contribution in [0.5, 0.6) is 0 Å². The van der Waals surface area contributed by atoms with Crippen LogP contribution in [0, 0.1) is 5.92 Å². The second kappa shape index (κ2) is 17.2. The van der Waals surface area contributed by atoms with Gasteiger partial charge in [0.2, 0.25) is 17.7 Å². The van der Waals surface area contributed by atoms with E-state index in [9.17, 15) is 24.0 Å². The fourth-order valence-electron chi connectivity index (χ4n) is 4.26. The van der Waals surface area contributed by atoms with E-state index >= 15 is 0 Å². The lowest BCUT2D eigenvalue weighted by Gasteiger charge is -2.38. The van der Waals surface area contributed by atoms with Gasteiger partial charge in [0.05, 0.1) is 19.4 Å². The summed E-state index contributed by atoms with van der Waals surface area (Å²) in [4.78, 5) is 66.1. The van der Waals surface area contributed by atoms with Gasteiger partial charge in [0.25, 0.3) is 0 Å². The minimum absolute atomic E-state index is 0.0153. The van der Waals surface area contributed by atoms with E-state index in [-0.39, 0.29) is 19.6 Å². The Morgan fingerprint density at radius 3 is 2.31 bits per heavy atom. The van der Waals surface area contributed by atoms with Gasteiger partial charge in [-0.15, -0.1) is 0 Å². The number of ether oxygens (including phenoxy) is 2. The number of nitrogens with two attached hydrogens (primary N) is 1. The molecule has 0 radical (unpaired) electrons. The van der Waals surface area contributed by atoms with Crippen molar-refractivity contribution >= 4 is 35.9 Å². The predicted molar refractivity (Wildman–Crippen MR) is 161 cm³/mol. The van der Waals surface area contributed by atoms with E-state index in [4.69, 9.17) is 15.2 Å². The van der Waals surface area contributed by atoms with Crippen LogP contribution in [0.1, 0.15) is 91.3 Å². The Bertz CT molecular complexity index is 1100. The second-order valence-corrected chi connectivity index (χ2v) is 11.6. The molecule has 4 amide bonds. The van der Waals surface area contributed by atoms with E-state index in [1.54, 1.807) is 58.0 Å². The van der Waals surface area contributed by atoms with E-state index in [1.165, 1.54) is 4.90 Å². The number of esters is 1. The van der Waals surface area contributed by atoms with E-state index in [1.807, 2.05) is 20.8 Å². The minimum Gasteiger partial charge on any atom is -0.466 e. The van der Waals surface area contributed by atoms with Gasteiger partial charge in [0.1, 0.15) is 17.7 Å². The van der Waals surface area contributed by atoms with Gasteiger partial charge < -0.3 is 30.7 Å². The Hall–Kier alpha value is -3.89. The van der Waals surface area contributed by atoms with Crippen LogP contribution in [-0.4, -0.2) is 65.5 Å². The van der Waals surface area contributed by atoms with Crippen LogP contribution in [-0.2, 0) is 28.7 Å². The topological polar surface area (TPSA) is 157 Å². The molecule has 0 aliphatic rings. The molecule has 11 heteroatoms. The number of alkyl carbamates (subject to hydrolysis) is 1. The van der Waals surface area contributed by atoms with Crippen molar-refractivity contribution in [1.82, 2.24) is 15.5 Å². The van der Waals surface area contributed by atoms with Gasteiger partial charge in [-0.05, 0) is 70.6 Å². The lowest BCUT2D eigenvalue weighted by molar-refractivity contribution is -0.146. The summed E-state index contributed by atoms with van der Waals surface area (Å²) in [6.07, 6.45) is 1.44. The first-order valence-electron chi connectivity index (χ1n) is 14.3. The Morgan fingerprint density at radius 1 is 1.10 bits per heavy atom. The van der Waals surface area contributed by atoms with Gasteiger partial charge in [-0.2, -0.15) is 0 Å². The molecule has 0 aromatic heterocycles. The smallest absolute Gasteiger partial charge is 0.408 e. The van der Waals surface area contributed by atoms with Crippen LogP contribution in [0.3, 0.4) is 0 Å². The van der Waals surface area contributed by atoms with Crippen molar-refractivity contribution in [2.75, 3.05) is 13.2 Å². The van der Waals surface area contributed by atoms with Crippen molar-refractivity contribution in [1.29, 1.82) is 0 Å². The van der Waals surface area contributed by atoms with Crippen molar-refractivity contribution < 1.29 is 33.4 Å². The first-order valence-corrected chi connectivity index (χ1v) is 14.3. The molecule has 0 spiro atoms. The number of nitrogens with zero attached hydrogens (tertiary/aromatic N) is 1. The molecule has 1 rings (SSSR count). The summed E-state index contributed by atoms with van der Waals surface area (Å²) in [6.45, 7) is 16.6. The molecule has 0 fully saturated rings. The van der Waals surface area contributed by atoms with Crippen LogP contribution < -0.4 is 16.4 Å². The number of benzene rings is 1. The molecule has 4 N–H and O–H groups in total. The highest BCUT2D eigenvalue weighted by Gasteiger charge is 2.39. The van der Waals surface area contributed by atoms with E-state index in [0.717, 1.165) is 12.0 Å². The summed E-state index contributed by atoms with van der Waals surface area (Å²) in [7, 11) is 0. The van der Waals surface area contributed by atoms with Crippen molar-refractivity contribution in [2.24, 2.45) is 11.7 Å². The Morgan fingerprint density at radius 2 is 1.76 bits per heavy atom. The van der Waals surface area contributed by atoms with Gasteiger partial charge >= 0.3 is 12.1 Å². The van der Waals surface area contributed by atoms with E-state index in [2.05, 4.69) is 17.2 Å². The summed E-state index contributed by atoms with van der Waals surface area (Å²) in [5, 5.41) is 5.23. The van der Waals surface area contributed by atoms with Crippen molar-refractivity contribution in [3.63, 3.8) is 0 Å². The lowest BCUT2D eigenvalue weighted by Crippen LogP contribution is -2.56. The fourth-order valence-corrected chi connectivity index (χ4v) is 4.26. The largest absolute Gasteiger partial charge is 0.466 e. The molecule has 0 aliphatic carbocycles. The molecule has 0 heterocycles. The average molecular weight is 589 g/mol. The molecule has 0 saturated heterocycles. The molecule has 11 nitrogen and oxygen atoms in total. The predicted octanol–water partition coefficient (Wildman–Crippen LogP) is 3.86.